The lowest BCUT2D eigenvalue weighted by Crippen LogP contribution is -2.72. The quantitative estimate of drug-likeness (QED) is 0.0735. The second-order valence-electron chi connectivity index (χ2n) is 26.3. The molecule has 24 heteroatoms. The summed E-state index contributed by atoms with van der Waals surface area (Å²) in [7, 11) is 0. The van der Waals surface area contributed by atoms with E-state index in [9.17, 15) is 76.0 Å². The van der Waals surface area contributed by atoms with Crippen LogP contribution in [0.25, 0.3) is 0 Å². The van der Waals surface area contributed by atoms with Gasteiger partial charge in [-0.15, -0.1) is 0 Å². The lowest BCUT2D eigenvalue weighted by molar-refractivity contribution is -0.364. The number of nitrogens with one attached hydrogen (secondary N) is 1. The van der Waals surface area contributed by atoms with Crippen molar-refractivity contribution in [1.82, 2.24) is 5.32 Å². The second kappa shape index (κ2) is 21.8. The van der Waals surface area contributed by atoms with Crippen molar-refractivity contribution in [3.05, 3.63) is 11.6 Å². The molecule has 4 heterocycles. The highest BCUT2D eigenvalue weighted by Crippen LogP contribution is 2.76. The number of allylic oxidation sites excluding steroid dienone is 1. The molecule has 0 bridgehead atoms. The number of carboxylic acid groups (broad SMARTS) is 1. The van der Waals surface area contributed by atoms with Gasteiger partial charge in [0.2, 0.25) is 5.91 Å². The highest BCUT2D eigenvalue weighted by atomic mass is 16.8. The van der Waals surface area contributed by atoms with Crippen LogP contribution in [0.3, 0.4) is 0 Å². The average molecular weight is 1120 g/mol. The Morgan fingerprint density at radius 3 is 1.96 bits per heavy atom. The number of rotatable bonds is 12. The van der Waals surface area contributed by atoms with Gasteiger partial charge in [-0.3, -0.25) is 9.59 Å². The number of aliphatic hydroxyl groups excluding tert-OH is 12. The summed E-state index contributed by atoms with van der Waals surface area (Å²) in [6, 6.07) is -1.38. The molecule has 24 nitrogen and oxygen atoms in total. The Bertz CT molecular complexity index is 2200. The molecule has 1 amide bonds. The van der Waals surface area contributed by atoms with Crippen molar-refractivity contribution in [2.75, 3.05) is 26.4 Å². The predicted molar refractivity (Wildman–Crippen MR) is 266 cm³/mol. The van der Waals surface area contributed by atoms with Crippen LogP contribution in [-0.2, 0) is 47.5 Å². The van der Waals surface area contributed by atoms with E-state index in [1.54, 1.807) is 0 Å². The van der Waals surface area contributed by atoms with E-state index in [1.165, 1.54) is 6.92 Å². The Hall–Kier alpha value is -2.12. The smallest absolute Gasteiger partial charge is 0.313 e. The molecule has 446 valence electrons. The molecule has 28 atom stereocenters. The van der Waals surface area contributed by atoms with Gasteiger partial charge in [0.1, 0.15) is 90.8 Å². The summed E-state index contributed by atoms with van der Waals surface area (Å²) in [4.78, 5) is 26.3. The van der Waals surface area contributed by atoms with Crippen LogP contribution >= 0.6 is 0 Å². The Balaban J connectivity index is 0.983. The molecule has 0 aromatic rings. The zero-order valence-corrected chi connectivity index (χ0v) is 45.8. The fourth-order valence-electron chi connectivity index (χ4n) is 16.6. The summed E-state index contributed by atoms with van der Waals surface area (Å²) in [5, 5.41) is 146. The van der Waals surface area contributed by atoms with E-state index in [2.05, 4.69) is 52.9 Å². The summed E-state index contributed by atoms with van der Waals surface area (Å²) in [6.45, 7) is 13.9. The molecule has 0 aromatic heterocycles. The zero-order chi connectivity index (χ0) is 57.1. The van der Waals surface area contributed by atoms with Crippen LogP contribution in [0.15, 0.2) is 11.6 Å². The summed E-state index contributed by atoms with van der Waals surface area (Å²) >= 11 is 0. The van der Waals surface area contributed by atoms with Gasteiger partial charge in [0, 0.05) is 12.3 Å². The van der Waals surface area contributed by atoms with Crippen LogP contribution in [0.2, 0.25) is 0 Å². The van der Waals surface area contributed by atoms with Gasteiger partial charge >= 0.3 is 5.97 Å². The first-order valence-electron chi connectivity index (χ1n) is 27.8. The van der Waals surface area contributed by atoms with E-state index in [-0.39, 0.29) is 29.1 Å². The summed E-state index contributed by atoms with van der Waals surface area (Å²) in [6.07, 6.45) is -24.7. The standard InChI is InChI=1S/C54H87NO23/c1-22(57)55-32-35(62)41(78-47-38(65)36(63)34(61)27(18-56)74-47)28(21-73-45-39(66)40(26(59)20-71-45)77-46-37(64)33(60)25(58)19-72-46)75-44(32)76-31-12-13-51(6)29(50(31,4)5)11-14-52(7)30(51)10-9-23-24-17-49(2,3)15-16-54(24,48(69)70)43(68)42(67)53(23,52)8/h9,24-47,56,58-68H,10-21H2,1-8H3,(H,55,57)(H,69,70)/t24-,25+,26-,27+,28+,29-,30+,31-,32+,33-,34+,35+,36-,37+,38+,39+,40-,41+,42-,43+,44-,45-,46-,47-,51-,52+,53-,54+/m0/s1. The first-order valence-corrected chi connectivity index (χ1v) is 27.8. The van der Waals surface area contributed by atoms with Crippen molar-refractivity contribution in [2.24, 2.45) is 50.2 Å². The van der Waals surface area contributed by atoms with E-state index >= 15 is 0 Å². The molecule has 9 rings (SSSR count). The first kappa shape index (κ1) is 60.5. The monoisotopic (exact) mass is 1120 g/mol. The summed E-state index contributed by atoms with van der Waals surface area (Å²) in [5.74, 6) is -2.17. The zero-order valence-electron chi connectivity index (χ0n) is 45.8. The third-order valence-corrected chi connectivity index (χ3v) is 21.2. The average Bonchev–Trinajstić information content (AvgIpc) is 2.21. The van der Waals surface area contributed by atoms with Gasteiger partial charge in [-0.1, -0.05) is 60.1 Å². The molecule has 4 saturated carbocycles. The Morgan fingerprint density at radius 1 is 0.654 bits per heavy atom. The van der Waals surface area contributed by atoms with Crippen LogP contribution in [-0.4, -0.2) is 234 Å². The molecular formula is C54H87NO23. The number of carbonyl (C=O) groups excluding carboxylic acids is 1. The van der Waals surface area contributed by atoms with E-state index in [4.69, 9.17) is 37.9 Å². The molecule has 4 saturated heterocycles. The number of amides is 1. The largest absolute Gasteiger partial charge is 0.481 e. The van der Waals surface area contributed by atoms with Gasteiger partial charge in [0.15, 0.2) is 25.2 Å². The number of hydrogen-bond acceptors (Lipinski definition) is 22. The topological polar surface area (TPSA) is 383 Å². The molecule has 8 fully saturated rings. The van der Waals surface area contributed by atoms with Gasteiger partial charge in [-0.05, 0) is 90.8 Å². The molecule has 78 heavy (non-hydrogen) atoms. The van der Waals surface area contributed by atoms with Crippen molar-refractivity contribution in [2.45, 2.75) is 236 Å². The third kappa shape index (κ3) is 9.72. The molecule has 0 unspecified atom stereocenters. The van der Waals surface area contributed by atoms with Crippen LogP contribution in [0, 0.1) is 50.2 Å². The van der Waals surface area contributed by atoms with Crippen molar-refractivity contribution >= 4 is 11.9 Å². The number of hydrogen-bond donors (Lipinski definition) is 14. The Morgan fingerprint density at radius 2 is 1.29 bits per heavy atom. The SMILES string of the molecule is CC(=O)N[C@H]1[C@H](O[C@H]2CC[C@]3(C)[C@H]4CC=C5[C@@H]6CC(C)(C)CC[C@]6(C(=O)O)[C@H](O)[C@H](O)[C@@]5(C)[C@]4(C)CC[C@H]3C2(C)C)O[C@H](CO[C@@H]2OC[C@H](O)[C@H](O[C@@H]3OC[C@@H](O)[C@H](O)[C@H]3O)[C@H]2O)[C@@H](O[C@@H]2O[C@H](CO)[C@@H](O)[C@H](O)[C@H]2O)[C@@H]1O. The highest BCUT2D eigenvalue weighted by molar-refractivity contribution is 5.78. The van der Waals surface area contributed by atoms with Gasteiger partial charge < -0.3 is 110 Å². The van der Waals surface area contributed by atoms with Gasteiger partial charge in [-0.2, -0.15) is 0 Å². The van der Waals surface area contributed by atoms with Crippen LogP contribution < -0.4 is 5.32 Å². The fraction of sp³-hybridized carbons (Fsp3) is 0.926. The van der Waals surface area contributed by atoms with E-state index in [0.717, 1.165) is 5.57 Å². The molecule has 5 aliphatic carbocycles. The van der Waals surface area contributed by atoms with E-state index in [1.807, 2.05) is 6.92 Å². The van der Waals surface area contributed by atoms with Crippen molar-refractivity contribution in [1.29, 1.82) is 0 Å². The third-order valence-electron chi connectivity index (χ3n) is 21.2. The predicted octanol–water partition coefficient (Wildman–Crippen LogP) is -2.11. The highest BCUT2D eigenvalue weighted by Gasteiger charge is 2.74. The Labute approximate surface area is 453 Å². The first-order chi connectivity index (χ1) is 36.4. The molecule has 0 radical (unpaired) electrons. The van der Waals surface area contributed by atoms with E-state index in [0.29, 0.717) is 44.9 Å². The van der Waals surface area contributed by atoms with Gasteiger partial charge in [0.05, 0.1) is 44.7 Å². The minimum Gasteiger partial charge on any atom is -0.481 e. The number of carboxylic acids is 1. The number of ether oxygens (including phenoxy) is 8. The summed E-state index contributed by atoms with van der Waals surface area (Å²) < 4.78 is 48.3. The minimum atomic E-state index is -1.93. The second-order valence-corrected chi connectivity index (χ2v) is 26.3. The van der Waals surface area contributed by atoms with Crippen LogP contribution in [0.4, 0.5) is 0 Å². The maximum absolute atomic E-state index is 13.3. The van der Waals surface area contributed by atoms with Crippen LogP contribution in [0.5, 0.6) is 0 Å². The maximum atomic E-state index is 13.3. The lowest BCUT2D eigenvalue weighted by atomic mass is 9.32. The minimum absolute atomic E-state index is 0.0153. The molecule has 0 spiro atoms. The summed E-state index contributed by atoms with van der Waals surface area (Å²) in [5.41, 5.74) is -3.28. The molecule has 14 N–H and O–H groups in total. The lowest BCUT2D eigenvalue weighted by Gasteiger charge is -2.72. The van der Waals surface area contributed by atoms with Gasteiger partial charge in [0.25, 0.3) is 0 Å². The van der Waals surface area contributed by atoms with Crippen molar-refractivity contribution < 1.29 is 114 Å². The molecule has 9 aliphatic rings. The molecular weight excluding hydrogens is 1030 g/mol. The molecule has 0 aromatic carbocycles. The van der Waals surface area contributed by atoms with Gasteiger partial charge in [-0.25, -0.2) is 0 Å². The Kier molecular flexibility index (Phi) is 16.9. The van der Waals surface area contributed by atoms with E-state index < -0.39 is 195 Å². The molecule has 4 aliphatic heterocycles. The number of fused-ring (bicyclic) bond motifs is 7. The fourth-order valence-corrected chi connectivity index (χ4v) is 16.6. The van der Waals surface area contributed by atoms with Crippen molar-refractivity contribution in [3.63, 3.8) is 0 Å². The number of carbonyl (C=O) groups is 2. The van der Waals surface area contributed by atoms with Crippen molar-refractivity contribution in [3.8, 4) is 0 Å². The number of aliphatic carboxylic acids is 1. The number of aliphatic hydroxyl groups is 12. The normalized spacial score (nSPS) is 52.8. The van der Waals surface area contributed by atoms with Crippen LogP contribution in [0.1, 0.15) is 107 Å². The maximum Gasteiger partial charge on any atom is 0.313 e.